The van der Waals surface area contributed by atoms with Crippen molar-refractivity contribution >= 4 is 26.6 Å². The molecule has 1 amide bonds. The number of sulfone groups is 1. The maximum atomic E-state index is 12.4. The average Bonchev–Trinajstić information content (AvgIpc) is 2.92. The molecule has 0 bridgehead atoms. The summed E-state index contributed by atoms with van der Waals surface area (Å²) in [6, 6.07) is 6.20. The Morgan fingerprint density at radius 2 is 2.12 bits per heavy atom. The third-order valence-electron chi connectivity index (χ3n) is 4.67. The highest BCUT2D eigenvalue weighted by molar-refractivity contribution is 7.91. The summed E-state index contributed by atoms with van der Waals surface area (Å²) < 4.78 is 23.4. The second-order valence-electron chi connectivity index (χ2n) is 6.40. The van der Waals surface area contributed by atoms with Gasteiger partial charge in [-0.05, 0) is 31.2 Å². The first kappa shape index (κ1) is 17.6. The molecular formula is C17H21N3O4S. The summed E-state index contributed by atoms with van der Waals surface area (Å²) in [5, 5.41) is 0.409. The highest BCUT2D eigenvalue weighted by atomic mass is 32.2. The maximum Gasteiger partial charge on any atom is 0.248 e. The first-order chi connectivity index (χ1) is 11.8. The van der Waals surface area contributed by atoms with E-state index in [9.17, 15) is 18.0 Å². The van der Waals surface area contributed by atoms with Gasteiger partial charge < -0.3 is 10.7 Å². The summed E-state index contributed by atoms with van der Waals surface area (Å²) in [5.74, 6) is -0.191. The lowest BCUT2D eigenvalue weighted by Crippen LogP contribution is -2.36. The zero-order chi connectivity index (χ0) is 18.2. The van der Waals surface area contributed by atoms with Crippen molar-refractivity contribution in [2.24, 2.45) is 5.73 Å². The summed E-state index contributed by atoms with van der Waals surface area (Å²) in [4.78, 5) is 28.9. The zero-order valence-corrected chi connectivity index (χ0v) is 14.8. The Bertz CT molecular complexity index is 981. The molecule has 8 heteroatoms. The van der Waals surface area contributed by atoms with E-state index < -0.39 is 15.7 Å². The van der Waals surface area contributed by atoms with Crippen LogP contribution in [0.5, 0.6) is 0 Å². The number of carbonyl (C=O) groups excluding carboxylic acids is 1. The number of aromatic amines is 1. The second kappa shape index (κ2) is 6.61. The van der Waals surface area contributed by atoms with Crippen LogP contribution in [0.3, 0.4) is 0 Å². The molecule has 1 aliphatic rings. The minimum Gasteiger partial charge on any atom is -0.366 e. The van der Waals surface area contributed by atoms with Crippen molar-refractivity contribution in [3.8, 4) is 0 Å². The van der Waals surface area contributed by atoms with Crippen LogP contribution < -0.4 is 11.2 Å². The number of hydrogen-bond acceptors (Lipinski definition) is 5. The molecule has 134 valence electrons. The Balaban J connectivity index is 1.89. The molecule has 0 saturated carbocycles. The van der Waals surface area contributed by atoms with Crippen LogP contribution in [-0.4, -0.2) is 48.3 Å². The number of benzene rings is 1. The lowest BCUT2D eigenvalue weighted by Gasteiger charge is -2.26. The van der Waals surface area contributed by atoms with Crippen LogP contribution in [0, 0.1) is 0 Å². The van der Waals surface area contributed by atoms with Gasteiger partial charge in [-0.2, -0.15) is 0 Å². The van der Waals surface area contributed by atoms with Crippen LogP contribution in [0.25, 0.3) is 10.9 Å². The Hall–Kier alpha value is -2.19. The number of nitrogens with one attached hydrogen (secondary N) is 1. The van der Waals surface area contributed by atoms with Gasteiger partial charge >= 0.3 is 0 Å². The summed E-state index contributed by atoms with van der Waals surface area (Å²) in [7, 11) is -2.96. The molecule has 0 spiro atoms. The first-order valence-electron chi connectivity index (χ1n) is 8.19. The van der Waals surface area contributed by atoms with Gasteiger partial charge in [0.25, 0.3) is 0 Å². The predicted octanol–water partition coefficient (Wildman–Crippen LogP) is 0.636. The van der Waals surface area contributed by atoms with E-state index in [2.05, 4.69) is 9.88 Å². The van der Waals surface area contributed by atoms with Gasteiger partial charge in [-0.15, -0.1) is 0 Å². The summed E-state index contributed by atoms with van der Waals surface area (Å²) in [6.07, 6.45) is 0.621. The molecule has 0 aliphatic carbocycles. The van der Waals surface area contributed by atoms with Crippen LogP contribution in [0.4, 0.5) is 0 Å². The van der Waals surface area contributed by atoms with Gasteiger partial charge in [0, 0.05) is 40.8 Å². The first-order valence-corrected chi connectivity index (χ1v) is 10.0. The highest BCUT2D eigenvalue weighted by Crippen LogP contribution is 2.20. The molecule has 1 saturated heterocycles. The van der Waals surface area contributed by atoms with Gasteiger partial charge in [0.05, 0.1) is 11.5 Å². The maximum absolute atomic E-state index is 12.4. The second-order valence-corrected chi connectivity index (χ2v) is 8.63. The number of hydrogen-bond donors (Lipinski definition) is 2. The third-order valence-corrected chi connectivity index (χ3v) is 6.42. The molecule has 3 N–H and O–H groups in total. The van der Waals surface area contributed by atoms with E-state index in [0.29, 0.717) is 30.4 Å². The highest BCUT2D eigenvalue weighted by Gasteiger charge is 2.31. The number of rotatable bonds is 5. The normalized spacial score (nSPS) is 19.5. The minimum atomic E-state index is -2.96. The van der Waals surface area contributed by atoms with Gasteiger partial charge in [0.1, 0.15) is 0 Å². The lowest BCUT2D eigenvalue weighted by molar-refractivity contribution is 0.100. The molecule has 1 aromatic carbocycles. The standard InChI is InChI=1S/C17H21N3O4S/c1-2-20(13-5-6-25(23,24)10-13)9-12-8-16(21)14-7-11(17(18)22)3-4-15(14)19-12/h3-4,7-8,13H,2,5-6,9-10H2,1H3,(H2,18,22)(H,19,21). The van der Waals surface area contributed by atoms with Crippen molar-refractivity contribution in [1.29, 1.82) is 0 Å². The largest absolute Gasteiger partial charge is 0.366 e. The fourth-order valence-electron chi connectivity index (χ4n) is 3.32. The Labute approximate surface area is 145 Å². The quantitative estimate of drug-likeness (QED) is 0.809. The van der Waals surface area contributed by atoms with E-state index in [0.717, 1.165) is 5.69 Å². The lowest BCUT2D eigenvalue weighted by atomic mass is 10.1. The van der Waals surface area contributed by atoms with E-state index >= 15 is 0 Å². The van der Waals surface area contributed by atoms with E-state index in [4.69, 9.17) is 5.73 Å². The molecule has 2 heterocycles. The fraction of sp³-hybridized carbons (Fsp3) is 0.412. The summed E-state index contributed by atoms with van der Waals surface area (Å²) >= 11 is 0. The summed E-state index contributed by atoms with van der Waals surface area (Å²) in [6.45, 7) is 3.14. The number of nitrogens with zero attached hydrogens (tertiary/aromatic N) is 1. The zero-order valence-electron chi connectivity index (χ0n) is 14.0. The van der Waals surface area contributed by atoms with Crippen molar-refractivity contribution in [2.45, 2.75) is 25.9 Å². The van der Waals surface area contributed by atoms with Gasteiger partial charge in [0.15, 0.2) is 15.3 Å². The van der Waals surface area contributed by atoms with Gasteiger partial charge in [0.2, 0.25) is 5.91 Å². The number of nitrogens with two attached hydrogens (primary N) is 1. The number of pyridine rings is 1. The van der Waals surface area contributed by atoms with Crippen molar-refractivity contribution in [2.75, 3.05) is 18.1 Å². The molecular weight excluding hydrogens is 342 g/mol. The van der Waals surface area contributed by atoms with Crippen molar-refractivity contribution in [1.82, 2.24) is 9.88 Å². The minimum absolute atomic E-state index is 0.0218. The van der Waals surface area contributed by atoms with Crippen molar-refractivity contribution < 1.29 is 13.2 Å². The van der Waals surface area contributed by atoms with Crippen molar-refractivity contribution in [3.63, 3.8) is 0 Å². The molecule has 3 rings (SSSR count). The molecule has 7 nitrogen and oxygen atoms in total. The molecule has 1 aromatic heterocycles. The average molecular weight is 363 g/mol. The van der Waals surface area contributed by atoms with Gasteiger partial charge in [-0.25, -0.2) is 8.42 Å². The Morgan fingerprint density at radius 3 is 2.72 bits per heavy atom. The molecule has 1 atom stereocenters. The molecule has 25 heavy (non-hydrogen) atoms. The van der Waals surface area contributed by atoms with Crippen LogP contribution in [0.15, 0.2) is 29.1 Å². The predicted molar refractivity (Wildman–Crippen MR) is 96.2 cm³/mol. The van der Waals surface area contributed by atoms with Crippen LogP contribution in [0.1, 0.15) is 29.4 Å². The third kappa shape index (κ3) is 3.74. The topological polar surface area (TPSA) is 113 Å². The van der Waals surface area contributed by atoms with Gasteiger partial charge in [-0.3, -0.25) is 14.5 Å². The monoisotopic (exact) mass is 363 g/mol. The SMILES string of the molecule is CCN(Cc1cc(=O)c2cc(C(N)=O)ccc2[nH]1)C1CCS(=O)(=O)C1. The molecule has 2 aromatic rings. The smallest absolute Gasteiger partial charge is 0.248 e. The van der Waals surface area contributed by atoms with Gasteiger partial charge in [-0.1, -0.05) is 6.92 Å². The van der Waals surface area contributed by atoms with Crippen LogP contribution in [0.2, 0.25) is 0 Å². The summed E-state index contributed by atoms with van der Waals surface area (Å²) in [5.41, 5.74) is 6.70. The van der Waals surface area contributed by atoms with E-state index in [1.165, 1.54) is 12.1 Å². The number of H-pyrrole nitrogens is 1. The van der Waals surface area contributed by atoms with E-state index in [1.54, 1.807) is 12.1 Å². The van der Waals surface area contributed by atoms with Crippen LogP contribution in [-0.2, 0) is 16.4 Å². The number of carbonyl (C=O) groups is 1. The number of amides is 1. The van der Waals surface area contributed by atoms with E-state index in [-0.39, 0.29) is 28.5 Å². The van der Waals surface area contributed by atoms with Crippen molar-refractivity contribution in [3.05, 3.63) is 45.7 Å². The fourth-order valence-corrected chi connectivity index (χ4v) is 5.08. The Kier molecular flexibility index (Phi) is 4.66. The molecule has 1 unspecified atom stereocenters. The molecule has 1 aliphatic heterocycles. The Morgan fingerprint density at radius 1 is 1.36 bits per heavy atom. The number of primary amides is 1. The molecule has 1 fully saturated rings. The number of fused-ring (bicyclic) bond motifs is 1. The van der Waals surface area contributed by atoms with Crippen LogP contribution >= 0.6 is 0 Å². The number of aromatic nitrogens is 1. The molecule has 0 radical (unpaired) electrons. The van der Waals surface area contributed by atoms with E-state index in [1.807, 2.05) is 6.92 Å².